The van der Waals surface area contributed by atoms with Crippen molar-refractivity contribution in [2.75, 3.05) is 0 Å². The predicted octanol–water partition coefficient (Wildman–Crippen LogP) is 2.60. The van der Waals surface area contributed by atoms with Crippen molar-refractivity contribution >= 4 is 11.5 Å². The van der Waals surface area contributed by atoms with E-state index in [4.69, 9.17) is 0 Å². The van der Waals surface area contributed by atoms with Gasteiger partial charge in [0.05, 0.1) is 4.88 Å². The van der Waals surface area contributed by atoms with E-state index in [0.717, 1.165) is 22.7 Å². The Bertz CT molecular complexity index is 505. The van der Waals surface area contributed by atoms with Gasteiger partial charge in [-0.25, -0.2) is 4.39 Å². The second-order valence-corrected chi connectivity index (χ2v) is 5.05. The Hall–Kier alpha value is -1.33. The summed E-state index contributed by atoms with van der Waals surface area (Å²) >= 11 is 1.40. The van der Waals surface area contributed by atoms with Crippen LogP contribution in [0.5, 0.6) is 0 Å². The van der Waals surface area contributed by atoms with E-state index in [1.165, 1.54) is 36.5 Å². The third kappa shape index (κ3) is 2.50. The van der Waals surface area contributed by atoms with Crippen LogP contribution in [0.2, 0.25) is 0 Å². The molecule has 2 aromatic rings. The molecular weight excluding hydrogens is 237 g/mol. The first-order valence-corrected chi connectivity index (χ1v) is 6.41. The summed E-state index contributed by atoms with van der Waals surface area (Å²) in [5, 5.41) is 7.56. The minimum absolute atomic E-state index is 0.227. The van der Waals surface area contributed by atoms with Gasteiger partial charge in [0.25, 0.3) is 0 Å². The Morgan fingerprint density at radius 3 is 2.76 bits per heavy atom. The molecule has 0 spiro atoms. The molecule has 0 saturated heterocycles. The highest BCUT2D eigenvalue weighted by atomic mass is 32.1. The molecule has 0 aliphatic heterocycles. The molecule has 1 saturated carbocycles. The Kier molecular flexibility index (Phi) is 2.86. The molecule has 88 valence electrons. The fraction of sp³-hybridized carbons (Fsp3) is 0.333. The van der Waals surface area contributed by atoms with Gasteiger partial charge in [-0.2, -0.15) is 0 Å². The van der Waals surface area contributed by atoms with Gasteiger partial charge in [-0.15, -0.1) is 5.10 Å². The van der Waals surface area contributed by atoms with Crippen LogP contribution in [0.3, 0.4) is 0 Å². The topological polar surface area (TPSA) is 37.8 Å². The summed E-state index contributed by atoms with van der Waals surface area (Å²) in [6.45, 7) is 0.801. The summed E-state index contributed by atoms with van der Waals surface area (Å²) in [5.74, 6) is -0.227. The molecule has 17 heavy (non-hydrogen) atoms. The molecule has 1 aliphatic rings. The number of nitrogens with one attached hydrogen (secondary N) is 1. The van der Waals surface area contributed by atoms with E-state index in [1.54, 1.807) is 12.1 Å². The van der Waals surface area contributed by atoms with Gasteiger partial charge >= 0.3 is 0 Å². The van der Waals surface area contributed by atoms with E-state index in [1.807, 2.05) is 0 Å². The minimum Gasteiger partial charge on any atom is -0.309 e. The maximum Gasteiger partial charge on any atom is 0.123 e. The van der Waals surface area contributed by atoms with E-state index in [9.17, 15) is 4.39 Å². The van der Waals surface area contributed by atoms with Gasteiger partial charge in [-0.1, -0.05) is 4.49 Å². The summed E-state index contributed by atoms with van der Waals surface area (Å²) in [7, 11) is 0. The van der Waals surface area contributed by atoms with E-state index in [-0.39, 0.29) is 5.82 Å². The highest BCUT2D eigenvalue weighted by Gasteiger charge is 2.21. The molecule has 3 rings (SSSR count). The average Bonchev–Trinajstić information content (AvgIpc) is 3.06. The van der Waals surface area contributed by atoms with E-state index in [0.29, 0.717) is 6.04 Å². The second kappa shape index (κ2) is 4.50. The van der Waals surface area contributed by atoms with Crippen molar-refractivity contribution in [2.45, 2.75) is 25.4 Å². The van der Waals surface area contributed by atoms with Crippen LogP contribution in [0.25, 0.3) is 11.3 Å². The maximum atomic E-state index is 12.8. The van der Waals surface area contributed by atoms with Gasteiger partial charge in [0.15, 0.2) is 0 Å². The fourth-order valence-corrected chi connectivity index (χ4v) is 2.29. The van der Waals surface area contributed by atoms with Crippen molar-refractivity contribution < 1.29 is 4.39 Å². The molecule has 5 heteroatoms. The van der Waals surface area contributed by atoms with Crippen molar-refractivity contribution in [2.24, 2.45) is 0 Å². The van der Waals surface area contributed by atoms with E-state index >= 15 is 0 Å². The lowest BCUT2D eigenvalue weighted by atomic mass is 10.1. The zero-order valence-corrected chi connectivity index (χ0v) is 10.0. The molecule has 0 amide bonds. The molecule has 1 N–H and O–H groups in total. The third-order valence-corrected chi connectivity index (χ3v) is 3.52. The maximum absolute atomic E-state index is 12.8. The van der Waals surface area contributed by atoms with E-state index < -0.39 is 0 Å². The molecule has 0 atom stereocenters. The molecule has 3 nitrogen and oxygen atoms in total. The minimum atomic E-state index is -0.227. The zero-order valence-electron chi connectivity index (χ0n) is 9.19. The first kappa shape index (κ1) is 10.8. The normalized spacial score (nSPS) is 15.1. The van der Waals surface area contributed by atoms with Crippen LogP contribution in [-0.4, -0.2) is 15.6 Å². The lowest BCUT2D eigenvalue weighted by molar-refractivity contribution is 0.628. The Morgan fingerprint density at radius 1 is 1.29 bits per heavy atom. The van der Waals surface area contributed by atoms with Gasteiger partial charge in [0.1, 0.15) is 11.5 Å². The number of nitrogens with zero attached hydrogens (tertiary/aromatic N) is 2. The summed E-state index contributed by atoms with van der Waals surface area (Å²) < 4.78 is 16.8. The third-order valence-electron chi connectivity index (χ3n) is 2.80. The lowest BCUT2D eigenvalue weighted by Crippen LogP contribution is -2.14. The summed E-state index contributed by atoms with van der Waals surface area (Å²) in [6.07, 6.45) is 2.52. The summed E-state index contributed by atoms with van der Waals surface area (Å²) in [5.41, 5.74) is 1.79. The van der Waals surface area contributed by atoms with Crippen LogP contribution in [0.15, 0.2) is 24.3 Å². The molecular formula is C12H12FN3S. The SMILES string of the molecule is Fc1ccc(-c2nnsc2CNC2CC2)cc1. The number of benzene rings is 1. The summed E-state index contributed by atoms with van der Waals surface area (Å²) in [4.78, 5) is 1.11. The van der Waals surface area contributed by atoms with E-state index in [2.05, 4.69) is 14.9 Å². The standard InChI is InChI=1S/C12H12FN3S/c13-9-3-1-8(2-4-9)12-11(17-16-15-12)7-14-10-5-6-10/h1-4,10,14H,5-7H2. The molecule has 1 heterocycles. The zero-order chi connectivity index (χ0) is 11.7. The van der Waals surface area contributed by atoms with Crippen LogP contribution in [0, 0.1) is 5.82 Å². The van der Waals surface area contributed by atoms with Crippen molar-refractivity contribution in [1.82, 2.24) is 14.9 Å². The predicted molar refractivity (Wildman–Crippen MR) is 65.2 cm³/mol. The van der Waals surface area contributed by atoms with Gasteiger partial charge in [-0.3, -0.25) is 0 Å². The van der Waals surface area contributed by atoms with Crippen molar-refractivity contribution in [3.8, 4) is 11.3 Å². The first-order valence-electron chi connectivity index (χ1n) is 5.63. The van der Waals surface area contributed by atoms with Crippen LogP contribution >= 0.6 is 11.5 Å². The molecule has 1 aromatic carbocycles. The first-order chi connectivity index (χ1) is 8.33. The number of hydrogen-bond acceptors (Lipinski definition) is 4. The van der Waals surface area contributed by atoms with Crippen LogP contribution in [0.4, 0.5) is 4.39 Å². The summed E-state index contributed by atoms with van der Waals surface area (Å²) in [6, 6.07) is 7.05. The Balaban J connectivity index is 1.81. The van der Waals surface area contributed by atoms with Gasteiger partial charge < -0.3 is 5.32 Å². The van der Waals surface area contributed by atoms with Crippen molar-refractivity contribution in [1.29, 1.82) is 0 Å². The number of rotatable bonds is 4. The highest BCUT2D eigenvalue weighted by molar-refractivity contribution is 7.05. The quantitative estimate of drug-likeness (QED) is 0.905. The van der Waals surface area contributed by atoms with Gasteiger partial charge in [0, 0.05) is 18.2 Å². The molecule has 0 unspecified atom stereocenters. The number of aromatic nitrogens is 2. The smallest absolute Gasteiger partial charge is 0.123 e. The van der Waals surface area contributed by atoms with Gasteiger partial charge in [0.2, 0.25) is 0 Å². The van der Waals surface area contributed by atoms with Crippen molar-refractivity contribution in [3.05, 3.63) is 35.0 Å². The Labute approximate surface area is 103 Å². The van der Waals surface area contributed by atoms with Crippen LogP contribution < -0.4 is 5.32 Å². The number of hydrogen-bond donors (Lipinski definition) is 1. The van der Waals surface area contributed by atoms with Crippen LogP contribution in [-0.2, 0) is 6.54 Å². The number of halogens is 1. The second-order valence-electron chi connectivity index (χ2n) is 4.21. The highest BCUT2D eigenvalue weighted by Crippen LogP contribution is 2.25. The molecule has 0 radical (unpaired) electrons. The average molecular weight is 249 g/mol. The Morgan fingerprint density at radius 2 is 2.06 bits per heavy atom. The molecule has 1 aliphatic carbocycles. The van der Waals surface area contributed by atoms with Gasteiger partial charge in [-0.05, 0) is 48.6 Å². The van der Waals surface area contributed by atoms with Crippen LogP contribution in [0.1, 0.15) is 17.7 Å². The lowest BCUT2D eigenvalue weighted by Gasteiger charge is -2.02. The van der Waals surface area contributed by atoms with Crippen molar-refractivity contribution in [3.63, 3.8) is 0 Å². The molecule has 1 fully saturated rings. The fourth-order valence-electron chi connectivity index (χ4n) is 1.68. The monoisotopic (exact) mass is 249 g/mol. The molecule has 0 bridgehead atoms. The largest absolute Gasteiger partial charge is 0.309 e. The molecule has 1 aromatic heterocycles.